The summed E-state index contributed by atoms with van der Waals surface area (Å²) in [7, 11) is 0. The average Bonchev–Trinajstić information content (AvgIpc) is 2.12. The number of hydrogen-bond donors (Lipinski definition) is 0. The minimum absolute atomic E-state index is 0.246. The van der Waals surface area contributed by atoms with E-state index < -0.39 is 0 Å². The van der Waals surface area contributed by atoms with Gasteiger partial charge in [0.05, 0.1) is 5.38 Å². The summed E-state index contributed by atoms with van der Waals surface area (Å²) in [5, 5.41) is 0.246. The third-order valence-electron chi connectivity index (χ3n) is 3.91. The molecule has 0 aromatic carbocycles. The topological polar surface area (TPSA) is 0 Å². The maximum Gasteiger partial charge on any atom is 0.0523 e. The summed E-state index contributed by atoms with van der Waals surface area (Å²) in [6, 6.07) is 0. The van der Waals surface area contributed by atoms with Gasteiger partial charge in [-0.2, -0.15) is 0 Å². The molecule has 0 N–H and O–H groups in total. The van der Waals surface area contributed by atoms with Gasteiger partial charge in [0.15, 0.2) is 0 Å². The van der Waals surface area contributed by atoms with Crippen LogP contribution in [0.4, 0.5) is 0 Å². The molecule has 0 spiro atoms. The zero-order chi connectivity index (χ0) is 11.6. The number of halogens is 1. The standard InChI is InChI=1S/C14H25Cl/c1-6-10(2)11(3)12-7-13(15)9-14(4,5)8-12/h7,10-11,13H,6,8-9H2,1-5H3. The fraction of sp³-hybridized carbons (Fsp3) is 0.857. The molecule has 0 fully saturated rings. The highest BCUT2D eigenvalue weighted by Gasteiger charge is 2.30. The molecule has 0 aliphatic heterocycles. The molecule has 3 unspecified atom stereocenters. The van der Waals surface area contributed by atoms with Crippen LogP contribution < -0.4 is 0 Å². The molecule has 1 aliphatic rings. The summed E-state index contributed by atoms with van der Waals surface area (Å²) >= 11 is 6.31. The molecule has 88 valence electrons. The molecule has 0 bridgehead atoms. The van der Waals surface area contributed by atoms with E-state index in [1.54, 1.807) is 5.57 Å². The Morgan fingerprint density at radius 3 is 2.53 bits per heavy atom. The van der Waals surface area contributed by atoms with Crippen molar-refractivity contribution in [1.82, 2.24) is 0 Å². The fourth-order valence-electron chi connectivity index (χ4n) is 2.53. The van der Waals surface area contributed by atoms with Gasteiger partial charge in [-0.3, -0.25) is 0 Å². The number of hydrogen-bond acceptors (Lipinski definition) is 0. The van der Waals surface area contributed by atoms with Gasteiger partial charge < -0.3 is 0 Å². The molecule has 3 atom stereocenters. The highest BCUT2D eigenvalue weighted by atomic mass is 35.5. The first-order chi connectivity index (χ1) is 6.85. The zero-order valence-electron chi connectivity index (χ0n) is 10.8. The number of alkyl halides is 1. The molecule has 15 heavy (non-hydrogen) atoms. The largest absolute Gasteiger partial charge is 0.118 e. The highest BCUT2D eigenvalue weighted by molar-refractivity contribution is 6.21. The lowest BCUT2D eigenvalue weighted by atomic mass is 9.72. The Morgan fingerprint density at radius 2 is 2.07 bits per heavy atom. The highest BCUT2D eigenvalue weighted by Crippen LogP contribution is 2.41. The maximum absolute atomic E-state index is 6.31. The van der Waals surface area contributed by atoms with E-state index in [9.17, 15) is 0 Å². The van der Waals surface area contributed by atoms with E-state index in [2.05, 4.69) is 40.7 Å². The van der Waals surface area contributed by atoms with Crippen LogP contribution in [-0.2, 0) is 0 Å². The molecular weight excluding hydrogens is 204 g/mol. The minimum Gasteiger partial charge on any atom is -0.118 e. The molecule has 0 saturated carbocycles. The van der Waals surface area contributed by atoms with Crippen LogP contribution in [0.2, 0.25) is 0 Å². The van der Waals surface area contributed by atoms with Crippen molar-refractivity contribution in [3.63, 3.8) is 0 Å². The van der Waals surface area contributed by atoms with Crippen LogP contribution in [0, 0.1) is 17.3 Å². The Labute approximate surface area is 100 Å². The Bertz CT molecular complexity index is 240. The monoisotopic (exact) mass is 228 g/mol. The van der Waals surface area contributed by atoms with Crippen LogP contribution in [0.5, 0.6) is 0 Å². The van der Waals surface area contributed by atoms with Gasteiger partial charge in [0, 0.05) is 0 Å². The van der Waals surface area contributed by atoms with Crippen molar-refractivity contribution in [3.8, 4) is 0 Å². The molecule has 0 aromatic rings. The van der Waals surface area contributed by atoms with Crippen molar-refractivity contribution < 1.29 is 0 Å². The second-order valence-electron chi connectivity index (χ2n) is 5.98. The lowest BCUT2D eigenvalue weighted by molar-refractivity contribution is 0.291. The van der Waals surface area contributed by atoms with E-state index in [0.717, 1.165) is 12.3 Å². The summed E-state index contributed by atoms with van der Waals surface area (Å²) in [6.07, 6.45) is 5.91. The van der Waals surface area contributed by atoms with Gasteiger partial charge in [-0.1, -0.05) is 52.7 Å². The van der Waals surface area contributed by atoms with E-state index in [-0.39, 0.29) is 5.38 Å². The molecular formula is C14H25Cl. The van der Waals surface area contributed by atoms with E-state index in [0.29, 0.717) is 11.3 Å². The Kier molecular flexibility index (Phi) is 4.29. The molecule has 0 radical (unpaired) electrons. The summed E-state index contributed by atoms with van der Waals surface area (Å²) in [5.74, 6) is 1.46. The Morgan fingerprint density at radius 1 is 1.47 bits per heavy atom. The second-order valence-corrected chi connectivity index (χ2v) is 6.54. The van der Waals surface area contributed by atoms with Crippen LogP contribution in [0.15, 0.2) is 11.6 Å². The van der Waals surface area contributed by atoms with Gasteiger partial charge in [-0.25, -0.2) is 0 Å². The van der Waals surface area contributed by atoms with E-state index in [1.165, 1.54) is 12.8 Å². The predicted octanol–water partition coefficient (Wildman–Crippen LogP) is 5.02. The first-order valence-corrected chi connectivity index (χ1v) is 6.64. The normalized spacial score (nSPS) is 29.5. The lowest BCUT2D eigenvalue weighted by Gasteiger charge is -2.36. The van der Waals surface area contributed by atoms with Gasteiger partial charge >= 0.3 is 0 Å². The zero-order valence-corrected chi connectivity index (χ0v) is 11.6. The van der Waals surface area contributed by atoms with Crippen molar-refractivity contribution in [2.45, 2.75) is 59.3 Å². The number of rotatable bonds is 3. The van der Waals surface area contributed by atoms with Crippen LogP contribution in [0.25, 0.3) is 0 Å². The van der Waals surface area contributed by atoms with Crippen molar-refractivity contribution in [1.29, 1.82) is 0 Å². The second kappa shape index (κ2) is 4.91. The van der Waals surface area contributed by atoms with Crippen molar-refractivity contribution in [3.05, 3.63) is 11.6 Å². The molecule has 0 nitrogen and oxygen atoms in total. The lowest BCUT2D eigenvalue weighted by Crippen LogP contribution is -2.26. The Hall–Kier alpha value is 0.0300. The third kappa shape index (κ3) is 3.52. The SMILES string of the molecule is CCC(C)C(C)C1=CC(Cl)CC(C)(C)C1. The van der Waals surface area contributed by atoms with Gasteiger partial charge in [-0.15, -0.1) is 11.6 Å². The number of allylic oxidation sites excluding steroid dienone is 2. The summed E-state index contributed by atoms with van der Waals surface area (Å²) in [6.45, 7) is 11.6. The van der Waals surface area contributed by atoms with Crippen LogP contribution in [0.1, 0.15) is 53.9 Å². The van der Waals surface area contributed by atoms with Gasteiger partial charge in [-0.05, 0) is 30.1 Å². The molecule has 1 heteroatoms. The fourth-order valence-corrected chi connectivity index (χ4v) is 3.11. The summed E-state index contributed by atoms with van der Waals surface area (Å²) in [4.78, 5) is 0. The summed E-state index contributed by atoms with van der Waals surface area (Å²) < 4.78 is 0. The van der Waals surface area contributed by atoms with E-state index in [1.807, 2.05) is 0 Å². The maximum atomic E-state index is 6.31. The minimum atomic E-state index is 0.246. The van der Waals surface area contributed by atoms with Crippen molar-refractivity contribution in [2.75, 3.05) is 0 Å². The van der Waals surface area contributed by atoms with Gasteiger partial charge in [0.25, 0.3) is 0 Å². The molecule has 0 aromatic heterocycles. The molecule has 0 heterocycles. The molecule has 0 amide bonds. The average molecular weight is 229 g/mol. The first kappa shape index (κ1) is 13.1. The smallest absolute Gasteiger partial charge is 0.0523 e. The molecule has 1 rings (SSSR count). The van der Waals surface area contributed by atoms with Gasteiger partial charge in [0.2, 0.25) is 0 Å². The van der Waals surface area contributed by atoms with Crippen LogP contribution >= 0.6 is 11.6 Å². The Balaban J connectivity index is 2.77. The molecule has 1 aliphatic carbocycles. The van der Waals surface area contributed by atoms with Crippen molar-refractivity contribution in [2.24, 2.45) is 17.3 Å². The molecule has 0 saturated heterocycles. The third-order valence-corrected chi connectivity index (χ3v) is 4.19. The quantitative estimate of drug-likeness (QED) is 0.470. The van der Waals surface area contributed by atoms with E-state index in [4.69, 9.17) is 11.6 Å². The predicted molar refractivity (Wildman–Crippen MR) is 69.4 cm³/mol. The van der Waals surface area contributed by atoms with Crippen molar-refractivity contribution >= 4 is 11.6 Å². The van der Waals surface area contributed by atoms with E-state index >= 15 is 0 Å². The van der Waals surface area contributed by atoms with Crippen LogP contribution in [0.3, 0.4) is 0 Å². The summed E-state index contributed by atoms with van der Waals surface area (Å²) in [5.41, 5.74) is 1.97. The van der Waals surface area contributed by atoms with Gasteiger partial charge in [0.1, 0.15) is 0 Å². The first-order valence-electron chi connectivity index (χ1n) is 6.20. The van der Waals surface area contributed by atoms with Crippen LogP contribution in [-0.4, -0.2) is 5.38 Å².